The largest absolute Gasteiger partial charge is 0.313 e. The molecule has 0 aliphatic heterocycles. The Morgan fingerprint density at radius 2 is 1.50 bits per heavy atom. The minimum atomic E-state index is 0.948. The Hall–Kier alpha value is -1.60. The van der Waals surface area contributed by atoms with Gasteiger partial charge in [0.1, 0.15) is 0 Å². The van der Waals surface area contributed by atoms with Gasteiger partial charge in [-0.05, 0) is 67.6 Å². The fourth-order valence-corrected chi connectivity index (χ4v) is 2.99. The third-order valence-corrected chi connectivity index (χ3v) is 3.82. The molecule has 0 atom stereocenters. The molecule has 0 saturated carbocycles. The molecular weight excluding hydrogens is 242 g/mol. The van der Waals surface area contributed by atoms with E-state index in [9.17, 15) is 0 Å². The lowest BCUT2D eigenvalue weighted by molar-refractivity contribution is 0.726. The molecule has 0 amide bonds. The molecule has 0 aliphatic carbocycles. The quantitative estimate of drug-likeness (QED) is 0.847. The van der Waals surface area contributed by atoms with Gasteiger partial charge in [-0.1, -0.05) is 42.8 Å². The summed E-state index contributed by atoms with van der Waals surface area (Å²) in [7, 11) is 0. The van der Waals surface area contributed by atoms with Gasteiger partial charge in [0.15, 0.2) is 0 Å². The SMILES string of the molecule is CCNCc1ccc(-c2c(C)cc(C)cc2C)c(C)c1. The molecule has 0 aromatic heterocycles. The molecule has 0 radical (unpaired) electrons. The number of nitrogens with one attached hydrogen (secondary N) is 1. The van der Waals surface area contributed by atoms with Crippen molar-refractivity contribution in [1.29, 1.82) is 0 Å². The molecule has 2 aromatic rings. The fraction of sp³-hybridized carbons (Fsp3) is 0.368. The predicted molar refractivity (Wildman–Crippen MR) is 88.2 cm³/mol. The summed E-state index contributed by atoms with van der Waals surface area (Å²) in [6.07, 6.45) is 0. The molecule has 20 heavy (non-hydrogen) atoms. The van der Waals surface area contributed by atoms with E-state index in [0.29, 0.717) is 0 Å². The van der Waals surface area contributed by atoms with Crippen molar-refractivity contribution in [2.75, 3.05) is 6.54 Å². The molecule has 2 aromatic carbocycles. The smallest absolute Gasteiger partial charge is 0.0205 e. The first-order valence-electron chi connectivity index (χ1n) is 7.41. The maximum Gasteiger partial charge on any atom is 0.0205 e. The molecule has 0 heterocycles. The Morgan fingerprint density at radius 3 is 2.05 bits per heavy atom. The van der Waals surface area contributed by atoms with E-state index in [4.69, 9.17) is 0 Å². The van der Waals surface area contributed by atoms with Gasteiger partial charge in [0.05, 0.1) is 0 Å². The van der Waals surface area contributed by atoms with Crippen LogP contribution in [-0.4, -0.2) is 6.54 Å². The summed E-state index contributed by atoms with van der Waals surface area (Å²) in [4.78, 5) is 0. The van der Waals surface area contributed by atoms with Crippen molar-refractivity contribution in [2.24, 2.45) is 0 Å². The topological polar surface area (TPSA) is 12.0 Å². The summed E-state index contributed by atoms with van der Waals surface area (Å²) in [5.41, 5.74) is 9.54. The van der Waals surface area contributed by atoms with Gasteiger partial charge in [-0.2, -0.15) is 0 Å². The third-order valence-electron chi connectivity index (χ3n) is 3.82. The van der Waals surface area contributed by atoms with Crippen LogP contribution in [0.25, 0.3) is 11.1 Å². The van der Waals surface area contributed by atoms with E-state index in [1.54, 1.807) is 0 Å². The van der Waals surface area contributed by atoms with Crippen LogP contribution < -0.4 is 5.32 Å². The first kappa shape index (κ1) is 14.8. The highest BCUT2D eigenvalue weighted by Gasteiger charge is 2.09. The molecule has 1 nitrogen and oxygen atoms in total. The molecule has 106 valence electrons. The van der Waals surface area contributed by atoms with Gasteiger partial charge in [0, 0.05) is 6.54 Å². The van der Waals surface area contributed by atoms with Crippen molar-refractivity contribution in [2.45, 2.75) is 41.2 Å². The lowest BCUT2D eigenvalue weighted by Gasteiger charge is -2.15. The summed E-state index contributed by atoms with van der Waals surface area (Å²) in [5, 5.41) is 3.38. The van der Waals surface area contributed by atoms with Crippen molar-refractivity contribution in [3.63, 3.8) is 0 Å². The molecule has 0 fully saturated rings. The van der Waals surface area contributed by atoms with E-state index in [-0.39, 0.29) is 0 Å². The van der Waals surface area contributed by atoms with Gasteiger partial charge < -0.3 is 5.32 Å². The summed E-state index contributed by atoms with van der Waals surface area (Å²) >= 11 is 0. The van der Waals surface area contributed by atoms with Gasteiger partial charge in [-0.25, -0.2) is 0 Å². The number of hydrogen-bond acceptors (Lipinski definition) is 1. The van der Waals surface area contributed by atoms with Crippen LogP contribution in [0.15, 0.2) is 30.3 Å². The van der Waals surface area contributed by atoms with E-state index in [1.807, 2.05) is 0 Å². The zero-order chi connectivity index (χ0) is 14.7. The molecule has 0 bridgehead atoms. The Kier molecular flexibility index (Phi) is 4.61. The molecule has 0 aliphatic rings. The zero-order valence-corrected chi connectivity index (χ0v) is 13.3. The Labute approximate surface area is 123 Å². The number of benzene rings is 2. The average Bonchev–Trinajstić information content (AvgIpc) is 2.37. The lowest BCUT2D eigenvalue weighted by Crippen LogP contribution is -2.11. The number of rotatable bonds is 4. The molecular formula is C19H25N. The van der Waals surface area contributed by atoms with Crippen LogP contribution in [0.1, 0.15) is 34.7 Å². The van der Waals surface area contributed by atoms with Crippen molar-refractivity contribution < 1.29 is 0 Å². The van der Waals surface area contributed by atoms with Crippen LogP contribution in [-0.2, 0) is 6.54 Å². The molecule has 2 rings (SSSR count). The Balaban J connectivity index is 2.44. The fourth-order valence-electron chi connectivity index (χ4n) is 2.99. The second kappa shape index (κ2) is 6.23. The average molecular weight is 267 g/mol. The zero-order valence-electron chi connectivity index (χ0n) is 13.3. The highest BCUT2D eigenvalue weighted by atomic mass is 14.8. The first-order valence-corrected chi connectivity index (χ1v) is 7.41. The second-order valence-electron chi connectivity index (χ2n) is 5.70. The predicted octanol–water partition coefficient (Wildman–Crippen LogP) is 4.70. The number of hydrogen-bond donors (Lipinski definition) is 1. The lowest BCUT2D eigenvalue weighted by atomic mass is 9.90. The van der Waals surface area contributed by atoms with Crippen LogP contribution in [0.4, 0.5) is 0 Å². The highest BCUT2D eigenvalue weighted by molar-refractivity contribution is 5.74. The van der Waals surface area contributed by atoms with Crippen LogP contribution in [0.5, 0.6) is 0 Å². The molecule has 0 spiro atoms. The first-order chi connectivity index (χ1) is 9.52. The maximum absolute atomic E-state index is 3.38. The van der Waals surface area contributed by atoms with Crippen molar-refractivity contribution in [1.82, 2.24) is 5.32 Å². The van der Waals surface area contributed by atoms with E-state index in [1.165, 1.54) is 38.9 Å². The van der Waals surface area contributed by atoms with Crippen molar-refractivity contribution in [3.05, 3.63) is 58.1 Å². The summed E-state index contributed by atoms with van der Waals surface area (Å²) in [6, 6.07) is 11.4. The minimum Gasteiger partial charge on any atom is -0.313 e. The van der Waals surface area contributed by atoms with E-state index in [2.05, 4.69) is 70.3 Å². The monoisotopic (exact) mass is 267 g/mol. The van der Waals surface area contributed by atoms with Gasteiger partial charge in [-0.3, -0.25) is 0 Å². The Bertz CT molecular complexity index is 588. The van der Waals surface area contributed by atoms with Gasteiger partial charge in [0.2, 0.25) is 0 Å². The van der Waals surface area contributed by atoms with Crippen molar-refractivity contribution >= 4 is 0 Å². The molecule has 1 N–H and O–H groups in total. The maximum atomic E-state index is 3.38. The summed E-state index contributed by atoms with van der Waals surface area (Å²) in [5.74, 6) is 0. The highest BCUT2D eigenvalue weighted by Crippen LogP contribution is 2.31. The number of aryl methyl sites for hydroxylation is 4. The summed E-state index contributed by atoms with van der Waals surface area (Å²) < 4.78 is 0. The van der Waals surface area contributed by atoms with E-state index in [0.717, 1.165) is 13.1 Å². The third kappa shape index (κ3) is 3.10. The second-order valence-corrected chi connectivity index (χ2v) is 5.70. The van der Waals surface area contributed by atoms with Crippen LogP contribution in [0.3, 0.4) is 0 Å². The Morgan fingerprint density at radius 1 is 0.850 bits per heavy atom. The van der Waals surface area contributed by atoms with Crippen molar-refractivity contribution in [3.8, 4) is 11.1 Å². The molecule has 0 unspecified atom stereocenters. The molecule has 1 heteroatoms. The van der Waals surface area contributed by atoms with Crippen LogP contribution in [0, 0.1) is 27.7 Å². The van der Waals surface area contributed by atoms with Crippen LogP contribution >= 0.6 is 0 Å². The van der Waals surface area contributed by atoms with Gasteiger partial charge in [0.25, 0.3) is 0 Å². The van der Waals surface area contributed by atoms with Gasteiger partial charge in [-0.15, -0.1) is 0 Å². The standard InChI is InChI=1S/C19H25N/c1-6-20-12-17-7-8-18(14(3)11-17)19-15(4)9-13(2)10-16(19)5/h7-11,20H,6,12H2,1-5H3. The summed E-state index contributed by atoms with van der Waals surface area (Å²) in [6.45, 7) is 12.9. The normalized spacial score (nSPS) is 10.8. The minimum absolute atomic E-state index is 0.948. The molecule has 0 saturated heterocycles. The van der Waals surface area contributed by atoms with E-state index < -0.39 is 0 Å². The van der Waals surface area contributed by atoms with E-state index >= 15 is 0 Å². The van der Waals surface area contributed by atoms with Gasteiger partial charge >= 0.3 is 0 Å². The van der Waals surface area contributed by atoms with Crippen LogP contribution in [0.2, 0.25) is 0 Å².